The predicted molar refractivity (Wildman–Crippen MR) is 123 cm³/mol. The zero-order chi connectivity index (χ0) is 20.7. The van der Waals surface area contributed by atoms with Gasteiger partial charge in [-0.25, -0.2) is 4.98 Å². The quantitative estimate of drug-likeness (QED) is 0.515. The molecular weight excluding hydrogens is 395 g/mol. The van der Waals surface area contributed by atoms with Gasteiger partial charge in [-0.05, 0) is 18.6 Å². The van der Waals surface area contributed by atoms with Gasteiger partial charge >= 0.3 is 0 Å². The van der Waals surface area contributed by atoms with Crippen molar-refractivity contribution in [2.24, 2.45) is 4.99 Å². The monoisotopic (exact) mass is 414 g/mol. The summed E-state index contributed by atoms with van der Waals surface area (Å²) in [6.07, 6.45) is 8.22. The number of benzene rings is 1. The van der Waals surface area contributed by atoms with E-state index in [2.05, 4.69) is 36.1 Å². The molecule has 1 aliphatic heterocycles. The van der Waals surface area contributed by atoms with Crippen molar-refractivity contribution in [1.82, 2.24) is 19.6 Å². The van der Waals surface area contributed by atoms with Crippen LogP contribution in [-0.2, 0) is 4.74 Å². The first-order chi connectivity index (χ1) is 14.6. The zero-order valence-electron chi connectivity index (χ0n) is 16.3. The van der Waals surface area contributed by atoms with E-state index in [-0.39, 0.29) is 6.04 Å². The van der Waals surface area contributed by atoms with Crippen LogP contribution in [0.4, 0.5) is 5.82 Å². The molecule has 148 valence electrons. The fourth-order valence-corrected chi connectivity index (χ4v) is 3.75. The van der Waals surface area contributed by atoms with Gasteiger partial charge < -0.3 is 10.5 Å². The van der Waals surface area contributed by atoms with Crippen molar-refractivity contribution in [1.29, 1.82) is 0 Å². The van der Waals surface area contributed by atoms with E-state index in [0.717, 1.165) is 33.3 Å². The van der Waals surface area contributed by atoms with Gasteiger partial charge in [0.15, 0.2) is 5.65 Å². The molecule has 0 radical (unpaired) electrons. The lowest BCUT2D eigenvalue weighted by molar-refractivity contribution is 0.394. The molecule has 1 aliphatic rings. The highest BCUT2D eigenvalue weighted by Crippen LogP contribution is 2.28. The van der Waals surface area contributed by atoms with Gasteiger partial charge in [0, 0.05) is 47.7 Å². The van der Waals surface area contributed by atoms with Crippen molar-refractivity contribution in [3.8, 4) is 11.1 Å². The number of nitrogens with zero attached hydrogens (tertiary/aromatic N) is 5. The molecule has 0 spiro atoms. The summed E-state index contributed by atoms with van der Waals surface area (Å²) in [6, 6.07) is 11.9. The number of rotatable bonds is 4. The SMILES string of the molecule is COC(=P)C1CC=C(c2cc(N)n3ncc(-c4cnc5ccccc5c4)c3n2)C=N1. The van der Waals surface area contributed by atoms with Crippen LogP contribution < -0.4 is 5.73 Å². The first-order valence-electron chi connectivity index (χ1n) is 9.49. The van der Waals surface area contributed by atoms with Crippen LogP contribution in [0, 0.1) is 0 Å². The number of methoxy groups -OCH3 is 1. The number of anilines is 1. The van der Waals surface area contributed by atoms with E-state index in [1.807, 2.05) is 36.5 Å². The zero-order valence-corrected chi connectivity index (χ0v) is 17.3. The Bertz CT molecular complexity index is 1360. The molecule has 0 saturated carbocycles. The fourth-order valence-electron chi connectivity index (χ4n) is 3.56. The molecule has 7 nitrogen and oxygen atoms in total. The maximum Gasteiger partial charge on any atom is 0.165 e. The molecule has 1 aromatic carbocycles. The lowest BCUT2D eigenvalue weighted by atomic mass is 10.1. The van der Waals surface area contributed by atoms with E-state index >= 15 is 0 Å². The van der Waals surface area contributed by atoms with Crippen LogP contribution in [0.5, 0.6) is 0 Å². The molecule has 2 N–H and O–H groups in total. The molecule has 0 aliphatic carbocycles. The standard InChI is InChI=1S/C22H19N6OP/c1-29-22(30)18-7-6-14(10-25-18)19-9-20(23)28-21(27-19)16(12-26-28)15-8-13-4-2-3-5-17(13)24-11-15/h2-6,8-12,18,30H,7,23H2,1H3. The van der Waals surface area contributed by atoms with Crippen molar-refractivity contribution in [3.05, 3.63) is 60.6 Å². The maximum absolute atomic E-state index is 6.28. The Kier molecular flexibility index (Phi) is 4.62. The van der Waals surface area contributed by atoms with Crippen LogP contribution in [-0.4, -0.2) is 44.4 Å². The Labute approximate surface area is 175 Å². The number of nitrogens with two attached hydrogens (primary N) is 1. The molecular formula is C22H19N6OP. The molecule has 4 aromatic rings. The first kappa shape index (κ1) is 18.6. The van der Waals surface area contributed by atoms with Crippen molar-refractivity contribution in [2.75, 3.05) is 12.8 Å². The Morgan fingerprint density at radius 3 is 2.90 bits per heavy atom. The Morgan fingerprint density at radius 1 is 1.23 bits per heavy atom. The number of fused-ring (bicyclic) bond motifs is 2. The lowest BCUT2D eigenvalue weighted by Gasteiger charge is -2.16. The number of hydrogen-bond acceptors (Lipinski definition) is 6. The second-order valence-electron chi connectivity index (χ2n) is 7.03. The first-order valence-corrected chi connectivity index (χ1v) is 9.99. The minimum Gasteiger partial charge on any atom is -0.384 e. The summed E-state index contributed by atoms with van der Waals surface area (Å²) in [7, 11) is 5.08. The van der Waals surface area contributed by atoms with Gasteiger partial charge in [0.1, 0.15) is 11.9 Å². The molecule has 4 heterocycles. The van der Waals surface area contributed by atoms with E-state index in [4.69, 9.17) is 15.5 Å². The summed E-state index contributed by atoms with van der Waals surface area (Å²) >= 11 is 0. The van der Waals surface area contributed by atoms with Gasteiger partial charge in [-0.2, -0.15) is 9.61 Å². The molecule has 30 heavy (non-hydrogen) atoms. The smallest absolute Gasteiger partial charge is 0.165 e. The average Bonchev–Trinajstić information content (AvgIpc) is 3.23. The van der Waals surface area contributed by atoms with Crippen LogP contribution in [0.1, 0.15) is 12.1 Å². The van der Waals surface area contributed by atoms with E-state index < -0.39 is 0 Å². The molecule has 3 aromatic heterocycles. The topological polar surface area (TPSA) is 90.7 Å². The minimum absolute atomic E-state index is 0.0503. The van der Waals surface area contributed by atoms with Gasteiger partial charge in [-0.1, -0.05) is 33.1 Å². The molecule has 1 unspecified atom stereocenters. The van der Waals surface area contributed by atoms with E-state index in [1.165, 1.54) is 0 Å². The Morgan fingerprint density at radius 2 is 2.10 bits per heavy atom. The van der Waals surface area contributed by atoms with E-state index in [9.17, 15) is 0 Å². The summed E-state index contributed by atoms with van der Waals surface area (Å²) in [5, 5.41) is 5.49. The van der Waals surface area contributed by atoms with Gasteiger partial charge in [0.25, 0.3) is 0 Å². The average molecular weight is 414 g/mol. The number of hydrogen-bond donors (Lipinski definition) is 1. The van der Waals surface area contributed by atoms with Crippen LogP contribution in [0.15, 0.2) is 59.9 Å². The summed E-state index contributed by atoms with van der Waals surface area (Å²) in [4.78, 5) is 14.0. The van der Waals surface area contributed by atoms with Gasteiger partial charge in [0.05, 0.1) is 22.9 Å². The number of aromatic nitrogens is 4. The number of dihydropyridines is 1. The van der Waals surface area contributed by atoms with Gasteiger partial charge in [-0.3, -0.25) is 9.98 Å². The molecule has 0 bridgehead atoms. The highest BCUT2D eigenvalue weighted by Gasteiger charge is 2.18. The third kappa shape index (κ3) is 3.18. The number of para-hydroxylation sites is 1. The van der Waals surface area contributed by atoms with Gasteiger partial charge in [0.2, 0.25) is 0 Å². The second kappa shape index (κ2) is 7.44. The largest absolute Gasteiger partial charge is 0.384 e. The summed E-state index contributed by atoms with van der Waals surface area (Å²) in [6.45, 7) is 0. The minimum atomic E-state index is -0.0503. The maximum atomic E-state index is 6.28. The number of aliphatic imine (C=N–C) groups is 1. The Balaban J connectivity index is 1.57. The third-order valence-corrected chi connectivity index (χ3v) is 5.71. The second-order valence-corrected chi connectivity index (χ2v) is 7.53. The predicted octanol–water partition coefficient (Wildman–Crippen LogP) is 3.67. The van der Waals surface area contributed by atoms with Crippen LogP contribution >= 0.6 is 8.86 Å². The number of ether oxygens (including phenoxy) is 1. The number of nitrogen functional groups attached to an aromatic ring is 1. The van der Waals surface area contributed by atoms with Crippen LogP contribution in [0.25, 0.3) is 33.3 Å². The van der Waals surface area contributed by atoms with Crippen molar-refractivity contribution >= 4 is 48.5 Å². The fraction of sp³-hybridized carbons (Fsp3) is 0.136. The van der Waals surface area contributed by atoms with Crippen molar-refractivity contribution in [3.63, 3.8) is 0 Å². The molecule has 0 amide bonds. The van der Waals surface area contributed by atoms with Crippen molar-refractivity contribution < 1.29 is 4.74 Å². The summed E-state index contributed by atoms with van der Waals surface area (Å²) in [5.41, 5.74) is 12.1. The van der Waals surface area contributed by atoms with Crippen LogP contribution in [0.3, 0.4) is 0 Å². The molecule has 5 rings (SSSR count). The van der Waals surface area contributed by atoms with E-state index in [0.29, 0.717) is 23.4 Å². The number of pyridine rings is 1. The van der Waals surface area contributed by atoms with Crippen molar-refractivity contribution in [2.45, 2.75) is 12.5 Å². The van der Waals surface area contributed by atoms with Gasteiger partial charge in [-0.15, -0.1) is 0 Å². The molecule has 1 atom stereocenters. The highest BCUT2D eigenvalue weighted by atomic mass is 31.0. The number of allylic oxidation sites excluding steroid dienone is 1. The normalized spacial score (nSPS) is 16.2. The third-order valence-electron chi connectivity index (χ3n) is 5.17. The molecule has 0 saturated heterocycles. The molecule has 8 heteroatoms. The highest BCUT2D eigenvalue weighted by molar-refractivity contribution is 7.20. The summed E-state index contributed by atoms with van der Waals surface area (Å²) in [5.74, 6) is 0.510. The molecule has 0 fully saturated rings. The van der Waals surface area contributed by atoms with Crippen LogP contribution in [0.2, 0.25) is 0 Å². The lowest BCUT2D eigenvalue weighted by Crippen LogP contribution is -2.20. The Hall–Kier alpha value is -3.41. The van der Waals surface area contributed by atoms with E-state index in [1.54, 1.807) is 24.0 Å². The summed E-state index contributed by atoms with van der Waals surface area (Å²) < 4.78 is 6.87.